The molecular weight excluding hydrogens is 476 g/mol. The van der Waals surface area contributed by atoms with Gasteiger partial charge in [0.1, 0.15) is 11.5 Å². The zero-order chi connectivity index (χ0) is 26.9. The van der Waals surface area contributed by atoms with E-state index in [0.717, 1.165) is 16.7 Å². The van der Waals surface area contributed by atoms with Gasteiger partial charge in [0.05, 0.1) is 33.1 Å². The van der Waals surface area contributed by atoms with Gasteiger partial charge in [-0.15, -0.1) is 0 Å². The van der Waals surface area contributed by atoms with Crippen LogP contribution in [0.2, 0.25) is 0 Å². The summed E-state index contributed by atoms with van der Waals surface area (Å²) in [6.07, 6.45) is 1.44. The number of nitrogens with zero attached hydrogens (tertiary/aromatic N) is 1. The van der Waals surface area contributed by atoms with E-state index in [2.05, 4.69) is 10.5 Å². The van der Waals surface area contributed by atoms with Crippen LogP contribution in [0, 0.1) is 20.8 Å². The molecule has 0 saturated heterocycles. The minimum absolute atomic E-state index is 0.172. The van der Waals surface area contributed by atoms with Gasteiger partial charge in [0.15, 0.2) is 18.1 Å². The third-order valence-corrected chi connectivity index (χ3v) is 5.59. The predicted molar refractivity (Wildman–Crippen MR) is 139 cm³/mol. The molecule has 0 spiro atoms. The Balaban J connectivity index is 1.62. The summed E-state index contributed by atoms with van der Waals surface area (Å²) >= 11 is 0. The lowest BCUT2D eigenvalue weighted by atomic mass is 10.1. The topological polar surface area (TPSA) is 105 Å². The average Bonchev–Trinajstić information content (AvgIpc) is 2.90. The molecule has 0 aromatic heterocycles. The first-order chi connectivity index (χ1) is 17.8. The highest BCUT2D eigenvalue weighted by molar-refractivity contribution is 5.93. The number of hydrogen-bond acceptors (Lipinski definition) is 8. The Morgan fingerprint density at radius 3 is 2.19 bits per heavy atom. The molecule has 0 heterocycles. The fourth-order valence-corrected chi connectivity index (χ4v) is 3.52. The summed E-state index contributed by atoms with van der Waals surface area (Å²) in [5, 5.41) is 3.97. The summed E-state index contributed by atoms with van der Waals surface area (Å²) in [6.45, 7) is 5.70. The van der Waals surface area contributed by atoms with E-state index in [-0.39, 0.29) is 12.2 Å². The molecule has 0 saturated carbocycles. The quantitative estimate of drug-likeness (QED) is 0.188. The van der Waals surface area contributed by atoms with Crippen LogP contribution in [0.5, 0.6) is 28.7 Å². The first kappa shape index (κ1) is 27.1. The number of aryl methyl sites for hydroxylation is 2. The number of amides is 1. The van der Waals surface area contributed by atoms with Gasteiger partial charge < -0.3 is 23.7 Å². The molecule has 0 aliphatic carbocycles. The molecule has 1 N–H and O–H groups in total. The van der Waals surface area contributed by atoms with Gasteiger partial charge in [-0.2, -0.15) is 5.10 Å². The SMILES string of the molecule is COc1cc(C(=O)Oc2cccc(/C=N\NC(=O)COc3c(C)ccc(C)c3C)c2)cc(OC)c1OC. The number of rotatable bonds is 10. The predicted octanol–water partition coefficient (Wildman–Crippen LogP) is 4.39. The Kier molecular flexibility index (Phi) is 9.10. The van der Waals surface area contributed by atoms with Crippen molar-refractivity contribution in [1.29, 1.82) is 0 Å². The maximum absolute atomic E-state index is 12.7. The summed E-state index contributed by atoms with van der Waals surface area (Å²) in [7, 11) is 4.41. The van der Waals surface area contributed by atoms with E-state index >= 15 is 0 Å². The van der Waals surface area contributed by atoms with Gasteiger partial charge in [-0.3, -0.25) is 4.79 Å². The second-order valence-electron chi connectivity index (χ2n) is 8.11. The van der Waals surface area contributed by atoms with Crippen LogP contribution in [-0.2, 0) is 4.79 Å². The molecule has 0 aliphatic heterocycles. The van der Waals surface area contributed by atoms with E-state index < -0.39 is 11.9 Å². The molecule has 1 amide bonds. The molecule has 0 fully saturated rings. The van der Waals surface area contributed by atoms with Crippen molar-refractivity contribution in [2.45, 2.75) is 20.8 Å². The van der Waals surface area contributed by atoms with Gasteiger partial charge in [0.2, 0.25) is 5.75 Å². The van der Waals surface area contributed by atoms with Crippen molar-refractivity contribution in [1.82, 2.24) is 5.43 Å². The molecular formula is C28H30N2O7. The van der Waals surface area contributed by atoms with Crippen molar-refractivity contribution in [3.63, 3.8) is 0 Å². The summed E-state index contributed by atoms with van der Waals surface area (Å²) in [4.78, 5) is 24.9. The lowest BCUT2D eigenvalue weighted by Crippen LogP contribution is -2.25. The van der Waals surface area contributed by atoms with Crippen molar-refractivity contribution >= 4 is 18.1 Å². The Labute approximate surface area is 216 Å². The number of carbonyl (C=O) groups is 2. The maximum Gasteiger partial charge on any atom is 0.343 e. The first-order valence-electron chi connectivity index (χ1n) is 11.4. The molecule has 194 valence electrons. The van der Waals surface area contributed by atoms with Crippen LogP contribution in [0.1, 0.15) is 32.6 Å². The zero-order valence-electron chi connectivity index (χ0n) is 21.7. The normalized spacial score (nSPS) is 10.6. The van der Waals surface area contributed by atoms with Gasteiger partial charge in [-0.05, 0) is 67.3 Å². The molecule has 0 radical (unpaired) electrons. The lowest BCUT2D eigenvalue weighted by Gasteiger charge is -2.13. The lowest BCUT2D eigenvalue weighted by molar-refractivity contribution is -0.123. The fourth-order valence-electron chi connectivity index (χ4n) is 3.52. The third-order valence-electron chi connectivity index (χ3n) is 5.59. The van der Waals surface area contributed by atoms with Crippen molar-refractivity contribution in [3.05, 3.63) is 76.3 Å². The third kappa shape index (κ3) is 6.78. The number of benzene rings is 3. The summed E-state index contributed by atoms with van der Waals surface area (Å²) in [5.74, 6) is 1.02. The van der Waals surface area contributed by atoms with Crippen molar-refractivity contribution < 1.29 is 33.3 Å². The number of hydrogen-bond donors (Lipinski definition) is 1. The Morgan fingerprint density at radius 2 is 1.54 bits per heavy atom. The first-order valence-corrected chi connectivity index (χ1v) is 11.4. The number of methoxy groups -OCH3 is 3. The van der Waals surface area contributed by atoms with Crippen LogP contribution in [0.4, 0.5) is 0 Å². The van der Waals surface area contributed by atoms with Crippen molar-refractivity contribution in [2.75, 3.05) is 27.9 Å². The number of hydrazone groups is 1. The Bertz CT molecular complexity index is 1290. The van der Waals surface area contributed by atoms with E-state index in [0.29, 0.717) is 34.3 Å². The molecule has 0 bridgehead atoms. The van der Waals surface area contributed by atoms with Crippen LogP contribution in [0.25, 0.3) is 0 Å². The molecule has 3 aromatic rings. The molecule has 0 unspecified atom stereocenters. The van der Waals surface area contributed by atoms with Gasteiger partial charge in [-0.25, -0.2) is 10.2 Å². The highest BCUT2D eigenvalue weighted by Gasteiger charge is 2.18. The summed E-state index contributed by atoms with van der Waals surface area (Å²) < 4.78 is 27.1. The summed E-state index contributed by atoms with van der Waals surface area (Å²) in [6, 6.07) is 13.7. The molecule has 9 heteroatoms. The number of nitrogens with one attached hydrogen (secondary N) is 1. The largest absolute Gasteiger partial charge is 0.493 e. The highest BCUT2D eigenvalue weighted by Crippen LogP contribution is 2.38. The van der Waals surface area contributed by atoms with E-state index in [9.17, 15) is 9.59 Å². The van der Waals surface area contributed by atoms with Gasteiger partial charge in [0, 0.05) is 0 Å². The van der Waals surface area contributed by atoms with Crippen LogP contribution >= 0.6 is 0 Å². The number of esters is 1. The van der Waals surface area contributed by atoms with E-state index in [4.69, 9.17) is 23.7 Å². The van der Waals surface area contributed by atoms with Gasteiger partial charge >= 0.3 is 5.97 Å². The van der Waals surface area contributed by atoms with Crippen LogP contribution in [0.3, 0.4) is 0 Å². The molecule has 9 nitrogen and oxygen atoms in total. The van der Waals surface area contributed by atoms with Crippen molar-refractivity contribution in [2.24, 2.45) is 5.10 Å². The standard InChI is InChI=1S/C28H30N2O7/c1-17-10-11-18(2)26(19(17)3)36-16-25(31)30-29-15-20-8-7-9-22(12-20)37-28(32)21-13-23(33-4)27(35-6)24(14-21)34-5/h7-15H,16H2,1-6H3,(H,30,31)/b29-15-. The molecule has 0 aliphatic rings. The van der Waals surface area contributed by atoms with Crippen LogP contribution in [0.15, 0.2) is 53.6 Å². The second kappa shape index (κ2) is 12.4. The zero-order valence-corrected chi connectivity index (χ0v) is 21.7. The molecule has 3 aromatic carbocycles. The monoisotopic (exact) mass is 506 g/mol. The number of carbonyl (C=O) groups excluding carboxylic acids is 2. The van der Waals surface area contributed by atoms with Gasteiger partial charge in [0.25, 0.3) is 5.91 Å². The Hall–Kier alpha value is -4.53. The second-order valence-corrected chi connectivity index (χ2v) is 8.11. The van der Waals surface area contributed by atoms with Crippen LogP contribution < -0.4 is 29.1 Å². The highest BCUT2D eigenvalue weighted by atomic mass is 16.5. The van der Waals surface area contributed by atoms with E-state index in [1.807, 2.05) is 32.9 Å². The molecule has 37 heavy (non-hydrogen) atoms. The van der Waals surface area contributed by atoms with E-state index in [1.54, 1.807) is 24.3 Å². The Morgan fingerprint density at radius 1 is 0.865 bits per heavy atom. The minimum Gasteiger partial charge on any atom is -0.493 e. The van der Waals surface area contributed by atoms with Crippen molar-refractivity contribution in [3.8, 4) is 28.7 Å². The maximum atomic E-state index is 12.7. The molecule has 3 rings (SSSR count). The number of ether oxygens (including phenoxy) is 5. The average molecular weight is 507 g/mol. The van der Waals surface area contributed by atoms with Crippen LogP contribution in [-0.4, -0.2) is 46.0 Å². The minimum atomic E-state index is -0.611. The van der Waals surface area contributed by atoms with Gasteiger partial charge in [-0.1, -0.05) is 24.3 Å². The molecule has 0 atom stereocenters. The summed E-state index contributed by atoms with van der Waals surface area (Å²) in [5.41, 5.74) is 6.31. The fraction of sp³-hybridized carbons (Fsp3) is 0.250. The smallest absolute Gasteiger partial charge is 0.343 e. The van der Waals surface area contributed by atoms with E-state index in [1.165, 1.54) is 39.7 Å².